The molecule has 1 unspecified atom stereocenters. The van der Waals surface area contributed by atoms with Gasteiger partial charge < -0.3 is 10.0 Å². The van der Waals surface area contributed by atoms with Crippen LogP contribution in [0.25, 0.3) is 0 Å². The maximum Gasteiger partial charge on any atom is 0.254 e. The molecule has 0 amide bonds. The smallest absolute Gasteiger partial charge is 0.254 e. The lowest BCUT2D eigenvalue weighted by Gasteiger charge is -2.33. The molecule has 4 rings (SSSR count). The van der Waals surface area contributed by atoms with E-state index in [0.29, 0.717) is 5.82 Å². The number of aromatic nitrogens is 2. The first-order chi connectivity index (χ1) is 11.7. The van der Waals surface area contributed by atoms with Gasteiger partial charge in [-0.25, -0.2) is 4.68 Å². The van der Waals surface area contributed by atoms with Gasteiger partial charge in [-0.15, -0.1) is 5.10 Å². The Labute approximate surface area is 146 Å². The maximum atomic E-state index is 13.3. The van der Waals surface area contributed by atoms with Crippen molar-refractivity contribution in [1.82, 2.24) is 9.78 Å². The van der Waals surface area contributed by atoms with Crippen LogP contribution in [-0.4, -0.2) is 28.5 Å². The molecule has 0 bridgehead atoms. The fourth-order valence-electron chi connectivity index (χ4n) is 3.94. The SMILES string of the molecule is CSN1CCC(C(=O)n2nc(N)c3c2CCCC3)c2ccccc21. The Morgan fingerprint density at radius 2 is 2.08 bits per heavy atom. The van der Waals surface area contributed by atoms with Gasteiger partial charge in [0, 0.05) is 18.4 Å². The first kappa shape index (κ1) is 15.6. The molecule has 0 radical (unpaired) electrons. The molecule has 0 saturated heterocycles. The Hall–Kier alpha value is -1.95. The van der Waals surface area contributed by atoms with Crippen LogP contribution in [0.1, 0.15) is 46.8 Å². The highest BCUT2D eigenvalue weighted by Crippen LogP contribution is 2.39. The van der Waals surface area contributed by atoms with Gasteiger partial charge in [0.15, 0.2) is 0 Å². The molecule has 2 aromatic rings. The summed E-state index contributed by atoms with van der Waals surface area (Å²) in [5.41, 5.74) is 10.4. The lowest BCUT2D eigenvalue weighted by molar-refractivity contribution is 0.0851. The minimum Gasteiger partial charge on any atom is -0.382 e. The van der Waals surface area contributed by atoms with Crippen molar-refractivity contribution in [2.75, 3.05) is 22.8 Å². The van der Waals surface area contributed by atoms with Gasteiger partial charge in [0.05, 0.1) is 17.3 Å². The zero-order chi connectivity index (χ0) is 16.7. The lowest BCUT2D eigenvalue weighted by Crippen LogP contribution is -2.32. The van der Waals surface area contributed by atoms with E-state index in [1.165, 1.54) is 0 Å². The number of benzene rings is 1. The fourth-order valence-corrected chi connectivity index (χ4v) is 4.59. The Morgan fingerprint density at radius 1 is 1.29 bits per heavy atom. The zero-order valence-electron chi connectivity index (χ0n) is 13.9. The molecule has 1 aliphatic heterocycles. The minimum absolute atomic E-state index is 0.0676. The molecule has 6 heteroatoms. The number of anilines is 2. The largest absolute Gasteiger partial charge is 0.382 e. The van der Waals surface area contributed by atoms with Crippen molar-refractivity contribution in [2.45, 2.75) is 38.0 Å². The zero-order valence-corrected chi connectivity index (χ0v) is 14.7. The lowest BCUT2D eigenvalue weighted by atomic mass is 9.90. The molecule has 1 aromatic carbocycles. The number of nitrogen functional groups attached to an aromatic ring is 1. The molecule has 5 nitrogen and oxygen atoms in total. The molecule has 1 atom stereocenters. The average molecular weight is 342 g/mol. The van der Waals surface area contributed by atoms with Crippen LogP contribution in [-0.2, 0) is 12.8 Å². The van der Waals surface area contributed by atoms with E-state index in [2.05, 4.69) is 27.8 Å². The highest BCUT2D eigenvalue weighted by molar-refractivity contribution is 7.99. The first-order valence-electron chi connectivity index (χ1n) is 8.51. The number of carbonyl (C=O) groups excluding carboxylic acids is 1. The highest BCUT2D eigenvalue weighted by Gasteiger charge is 2.33. The van der Waals surface area contributed by atoms with Crippen molar-refractivity contribution >= 4 is 29.4 Å². The summed E-state index contributed by atoms with van der Waals surface area (Å²) in [6, 6.07) is 8.20. The molecule has 0 fully saturated rings. The van der Waals surface area contributed by atoms with E-state index in [4.69, 9.17) is 5.73 Å². The van der Waals surface area contributed by atoms with Crippen LogP contribution in [0.5, 0.6) is 0 Å². The van der Waals surface area contributed by atoms with E-state index in [1.807, 2.05) is 12.1 Å². The van der Waals surface area contributed by atoms with E-state index in [9.17, 15) is 4.79 Å². The van der Waals surface area contributed by atoms with Gasteiger partial charge >= 0.3 is 0 Å². The van der Waals surface area contributed by atoms with Crippen molar-refractivity contribution in [1.29, 1.82) is 0 Å². The van der Waals surface area contributed by atoms with E-state index in [1.54, 1.807) is 16.6 Å². The molecule has 1 aromatic heterocycles. The maximum absolute atomic E-state index is 13.3. The minimum atomic E-state index is -0.144. The van der Waals surface area contributed by atoms with Crippen molar-refractivity contribution in [3.8, 4) is 0 Å². The van der Waals surface area contributed by atoms with E-state index >= 15 is 0 Å². The van der Waals surface area contributed by atoms with Crippen LogP contribution >= 0.6 is 11.9 Å². The highest BCUT2D eigenvalue weighted by atomic mass is 32.2. The predicted molar refractivity (Wildman–Crippen MR) is 98.6 cm³/mol. The fraction of sp³-hybridized carbons (Fsp3) is 0.444. The number of rotatable bonds is 2. The molecule has 2 N–H and O–H groups in total. The average Bonchev–Trinajstić information content (AvgIpc) is 2.97. The van der Waals surface area contributed by atoms with Crippen LogP contribution in [0.4, 0.5) is 11.5 Å². The molecule has 126 valence electrons. The van der Waals surface area contributed by atoms with E-state index in [0.717, 1.165) is 61.2 Å². The second-order valence-corrected chi connectivity index (χ2v) is 7.26. The van der Waals surface area contributed by atoms with Crippen molar-refractivity contribution in [3.63, 3.8) is 0 Å². The molecule has 2 heterocycles. The summed E-state index contributed by atoms with van der Waals surface area (Å²) < 4.78 is 3.87. The second kappa shape index (κ2) is 6.16. The first-order valence-corrected chi connectivity index (χ1v) is 9.70. The van der Waals surface area contributed by atoms with E-state index in [-0.39, 0.29) is 11.8 Å². The predicted octanol–water partition coefficient (Wildman–Crippen LogP) is 3.26. The Morgan fingerprint density at radius 3 is 2.92 bits per heavy atom. The second-order valence-electron chi connectivity index (χ2n) is 6.45. The molecule has 2 aliphatic rings. The molecular formula is C18H22N4OS. The summed E-state index contributed by atoms with van der Waals surface area (Å²) in [6.45, 7) is 0.869. The monoisotopic (exact) mass is 342 g/mol. The van der Waals surface area contributed by atoms with E-state index < -0.39 is 0 Å². The molecular weight excluding hydrogens is 320 g/mol. The van der Waals surface area contributed by atoms with Gasteiger partial charge in [-0.1, -0.05) is 30.1 Å². The third-order valence-corrected chi connectivity index (χ3v) is 5.96. The Bertz CT molecular complexity index is 785. The van der Waals surface area contributed by atoms with Gasteiger partial charge in [-0.2, -0.15) is 0 Å². The van der Waals surface area contributed by atoms with Crippen LogP contribution < -0.4 is 10.0 Å². The van der Waals surface area contributed by atoms with Crippen LogP contribution in [0.2, 0.25) is 0 Å². The topological polar surface area (TPSA) is 64.2 Å². The number of nitrogens with zero attached hydrogens (tertiary/aromatic N) is 3. The van der Waals surface area contributed by atoms with Gasteiger partial charge in [0.2, 0.25) is 0 Å². The van der Waals surface area contributed by atoms with Gasteiger partial charge in [0.1, 0.15) is 5.82 Å². The number of para-hydroxylation sites is 1. The summed E-state index contributed by atoms with van der Waals surface area (Å²) >= 11 is 1.70. The van der Waals surface area contributed by atoms with Crippen LogP contribution in [0.3, 0.4) is 0 Å². The molecule has 24 heavy (non-hydrogen) atoms. The number of nitrogens with two attached hydrogens (primary N) is 1. The number of hydrogen-bond acceptors (Lipinski definition) is 5. The van der Waals surface area contributed by atoms with Gasteiger partial charge in [0.25, 0.3) is 5.91 Å². The molecule has 1 aliphatic carbocycles. The number of carbonyl (C=O) groups is 1. The van der Waals surface area contributed by atoms with Gasteiger partial charge in [-0.3, -0.25) is 4.79 Å². The summed E-state index contributed by atoms with van der Waals surface area (Å²) in [4.78, 5) is 13.3. The van der Waals surface area contributed by atoms with Crippen molar-refractivity contribution in [3.05, 3.63) is 41.1 Å². The summed E-state index contributed by atoms with van der Waals surface area (Å²) in [5, 5.41) is 4.41. The Kier molecular flexibility index (Phi) is 4.00. The van der Waals surface area contributed by atoms with Crippen molar-refractivity contribution < 1.29 is 4.79 Å². The molecule has 0 saturated carbocycles. The van der Waals surface area contributed by atoms with Crippen molar-refractivity contribution in [2.24, 2.45) is 0 Å². The summed E-state index contributed by atoms with van der Waals surface area (Å²) in [7, 11) is 0. The van der Waals surface area contributed by atoms with Crippen LogP contribution in [0, 0.1) is 0 Å². The number of hydrogen-bond donors (Lipinski definition) is 1. The summed E-state index contributed by atoms with van der Waals surface area (Å²) in [5.74, 6) is 0.459. The third-order valence-electron chi connectivity index (χ3n) is 5.14. The number of fused-ring (bicyclic) bond motifs is 2. The quantitative estimate of drug-likeness (QED) is 0.849. The Balaban J connectivity index is 1.73. The normalized spacial score (nSPS) is 19.7. The van der Waals surface area contributed by atoms with Gasteiger partial charge in [-0.05, 0) is 43.7 Å². The summed E-state index contributed by atoms with van der Waals surface area (Å²) in [6.07, 6.45) is 6.96. The standard InChI is InChI=1S/C18H22N4OS/c1-24-21-11-10-13(12-6-2-4-8-15(12)21)18(23)22-16-9-5-3-7-14(16)17(19)20-22/h2,4,6,8,13H,3,5,7,9-11H2,1H3,(H2,19,20). The third kappa shape index (κ3) is 2.40. The van der Waals surface area contributed by atoms with Crippen LogP contribution in [0.15, 0.2) is 24.3 Å². The molecule has 0 spiro atoms.